The van der Waals surface area contributed by atoms with Crippen LogP contribution in [-0.2, 0) is 34.0 Å². The van der Waals surface area contributed by atoms with Gasteiger partial charge >= 0.3 is 0 Å². The minimum absolute atomic E-state index is 0.00880. The van der Waals surface area contributed by atoms with Crippen molar-refractivity contribution >= 4 is 0 Å². The first-order chi connectivity index (χ1) is 15.8. The van der Waals surface area contributed by atoms with Gasteiger partial charge in [0.2, 0.25) is 0 Å². The molecule has 32 heavy (non-hydrogen) atoms. The lowest BCUT2D eigenvalue weighted by Gasteiger charge is -2.42. The van der Waals surface area contributed by atoms with Gasteiger partial charge in [0.15, 0.2) is 0 Å². The minimum atomic E-state index is -0.0987. The third kappa shape index (κ3) is 6.50. The van der Waals surface area contributed by atoms with Crippen LogP contribution in [0.4, 0.5) is 0 Å². The van der Waals surface area contributed by atoms with Gasteiger partial charge in [-0.2, -0.15) is 0 Å². The lowest BCUT2D eigenvalue weighted by molar-refractivity contribution is -0.143. The fraction of sp³-hybridized carbons (Fsp3) is 0.357. The molecule has 1 saturated heterocycles. The molecule has 1 aliphatic heterocycles. The summed E-state index contributed by atoms with van der Waals surface area (Å²) in [6.07, 6.45) is -0.107. The molecule has 0 saturated carbocycles. The van der Waals surface area contributed by atoms with Crippen molar-refractivity contribution < 1.29 is 14.2 Å². The van der Waals surface area contributed by atoms with Crippen molar-refractivity contribution in [2.75, 3.05) is 13.2 Å². The lowest BCUT2D eigenvalue weighted by atomic mass is 9.90. The van der Waals surface area contributed by atoms with E-state index in [1.54, 1.807) is 0 Å². The number of rotatable bonds is 10. The topological polar surface area (TPSA) is 39.7 Å². The first-order valence-electron chi connectivity index (χ1n) is 11.5. The predicted octanol–water partition coefficient (Wildman–Crippen LogP) is 4.98. The average Bonchev–Trinajstić information content (AvgIpc) is 2.85. The molecule has 1 aliphatic rings. The molecular weight excluding hydrogens is 398 g/mol. The second-order valence-corrected chi connectivity index (χ2v) is 8.52. The highest BCUT2D eigenvalue weighted by Gasteiger charge is 2.39. The molecular formula is C28H33NO3. The Kier molecular flexibility index (Phi) is 8.46. The van der Waals surface area contributed by atoms with E-state index < -0.39 is 0 Å². The summed E-state index contributed by atoms with van der Waals surface area (Å²) in [5, 5.41) is 3.64. The largest absolute Gasteiger partial charge is 0.375 e. The van der Waals surface area contributed by atoms with Crippen molar-refractivity contribution in [2.24, 2.45) is 5.92 Å². The summed E-state index contributed by atoms with van der Waals surface area (Å²) in [5.74, 6) is 0.338. The number of piperidine rings is 1. The SMILES string of the molecule is CC1CN[C@H](COCc2ccccc2)[C@@H](OCc2ccccc2)[C@H]1OCc1ccccc1. The Morgan fingerprint density at radius 1 is 0.656 bits per heavy atom. The molecule has 4 nitrogen and oxygen atoms in total. The van der Waals surface area contributed by atoms with E-state index in [0.29, 0.717) is 32.3 Å². The summed E-state index contributed by atoms with van der Waals surface area (Å²) >= 11 is 0. The zero-order chi connectivity index (χ0) is 22.0. The summed E-state index contributed by atoms with van der Waals surface area (Å²) < 4.78 is 19.0. The highest BCUT2D eigenvalue weighted by atomic mass is 16.5. The number of benzene rings is 3. The van der Waals surface area contributed by atoms with Crippen LogP contribution >= 0.6 is 0 Å². The maximum atomic E-state index is 6.49. The van der Waals surface area contributed by atoms with Crippen LogP contribution in [0.25, 0.3) is 0 Å². The second-order valence-electron chi connectivity index (χ2n) is 8.52. The molecule has 1 N–H and O–H groups in total. The third-order valence-electron chi connectivity index (χ3n) is 5.96. The van der Waals surface area contributed by atoms with E-state index in [0.717, 1.165) is 12.1 Å². The Morgan fingerprint density at radius 2 is 1.12 bits per heavy atom. The van der Waals surface area contributed by atoms with E-state index in [9.17, 15) is 0 Å². The van der Waals surface area contributed by atoms with Crippen LogP contribution in [0.3, 0.4) is 0 Å². The van der Waals surface area contributed by atoms with E-state index >= 15 is 0 Å². The lowest BCUT2D eigenvalue weighted by Crippen LogP contribution is -2.59. The standard InChI is InChI=1S/C28H33NO3/c1-22-17-29-26(21-30-18-23-11-5-2-6-12-23)28(32-20-25-15-9-4-10-16-25)27(22)31-19-24-13-7-3-8-14-24/h2-16,22,26-29H,17-21H2,1H3/t22?,26-,27+,28-/m1/s1. The molecule has 0 amide bonds. The van der Waals surface area contributed by atoms with Crippen molar-refractivity contribution in [1.82, 2.24) is 5.32 Å². The summed E-state index contributed by atoms with van der Waals surface area (Å²) in [6.45, 7) is 5.41. The molecule has 1 unspecified atom stereocenters. The molecule has 1 heterocycles. The third-order valence-corrected chi connectivity index (χ3v) is 5.96. The number of nitrogens with one attached hydrogen (secondary N) is 1. The van der Waals surface area contributed by atoms with Crippen LogP contribution in [-0.4, -0.2) is 31.4 Å². The van der Waals surface area contributed by atoms with Gasteiger partial charge in [-0.25, -0.2) is 0 Å². The van der Waals surface area contributed by atoms with Gasteiger partial charge in [-0.15, -0.1) is 0 Å². The van der Waals surface area contributed by atoms with E-state index in [1.165, 1.54) is 11.1 Å². The van der Waals surface area contributed by atoms with Crippen LogP contribution < -0.4 is 5.32 Å². The monoisotopic (exact) mass is 431 g/mol. The molecule has 4 heteroatoms. The Labute approximate surface area is 191 Å². The second kappa shape index (κ2) is 11.9. The van der Waals surface area contributed by atoms with Gasteiger partial charge in [-0.3, -0.25) is 0 Å². The summed E-state index contributed by atoms with van der Waals surface area (Å²) in [4.78, 5) is 0. The maximum Gasteiger partial charge on any atom is 0.102 e. The molecule has 0 bridgehead atoms. The molecule has 4 atom stereocenters. The number of hydrogen-bond donors (Lipinski definition) is 1. The van der Waals surface area contributed by atoms with E-state index in [-0.39, 0.29) is 18.2 Å². The van der Waals surface area contributed by atoms with Gasteiger partial charge in [0.25, 0.3) is 0 Å². The van der Waals surface area contributed by atoms with Crippen LogP contribution in [0.15, 0.2) is 91.0 Å². The highest BCUT2D eigenvalue weighted by Crippen LogP contribution is 2.25. The van der Waals surface area contributed by atoms with Crippen LogP contribution in [0.5, 0.6) is 0 Å². The summed E-state index contributed by atoms with van der Waals surface area (Å²) in [5.41, 5.74) is 3.52. The van der Waals surface area contributed by atoms with Gasteiger partial charge < -0.3 is 19.5 Å². The van der Waals surface area contributed by atoms with E-state index in [4.69, 9.17) is 14.2 Å². The number of hydrogen-bond acceptors (Lipinski definition) is 4. The average molecular weight is 432 g/mol. The molecule has 4 rings (SSSR count). The Balaban J connectivity index is 1.42. The molecule has 0 radical (unpaired) electrons. The zero-order valence-corrected chi connectivity index (χ0v) is 18.7. The Hall–Kier alpha value is -2.50. The van der Waals surface area contributed by atoms with Gasteiger partial charge in [-0.05, 0) is 22.6 Å². The highest BCUT2D eigenvalue weighted by molar-refractivity contribution is 5.15. The molecule has 0 spiro atoms. The normalized spacial score (nSPS) is 23.2. The summed E-state index contributed by atoms with van der Waals surface area (Å²) in [6, 6.07) is 31.0. The number of ether oxygens (including phenoxy) is 3. The fourth-order valence-electron chi connectivity index (χ4n) is 4.16. The fourth-order valence-corrected chi connectivity index (χ4v) is 4.16. The molecule has 168 valence electrons. The Morgan fingerprint density at radius 3 is 1.66 bits per heavy atom. The zero-order valence-electron chi connectivity index (χ0n) is 18.7. The van der Waals surface area contributed by atoms with E-state index in [1.807, 2.05) is 54.6 Å². The molecule has 0 aliphatic carbocycles. The van der Waals surface area contributed by atoms with Crippen molar-refractivity contribution in [3.8, 4) is 0 Å². The van der Waals surface area contributed by atoms with Crippen LogP contribution in [0.2, 0.25) is 0 Å². The smallest absolute Gasteiger partial charge is 0.102 e. The first kappa shape index (κ1) is 22.7. The van der Waals surface area contributed by atoms with Crippen molar-refractivity contribution in [3.05, 3.63) is 108 Å². The maximum absolute atomic E-state index is 6.49. The van der Waals surface area contributed by atoms with E-state index in [2.05, 4.69) is 48.6 Å². The van der Waals surface area contributed by atoms with Gasteiger partial charge in [-0.1, -0.05) is 97.9 Å². The van der Waals surface area contributed by atoms with Crippen LogP contribution in [0.1, 0.15) is 23.6 Å². The van der Waals surface area contributed by atoms with Gasteiger partial charge in [0.05, 0.1) is 38.6 Å². The van der Waals surface area contributed by atoms with Crippen LogP contribution in [0, 0.1) is 5.92 Å². The molecule has 3 aromatic carbocycles. The van der Waals surface area contributed by atoms with Gasteiger partial charge in [0, 0.05) is 6.54 Å². The Bertz CT molecular complexity index is 904. The molecule has 3 aromatic rings. The summed E-state index contributed by atoms with van der Waals surface area (Å²) in [7, 11) is 0. The molecule has 1 fully saturated rings. The van der Waals surface area contributed by atoms with Gasteiger partial charge in [0.1, 0.15) is 6.10 Å². The molecule has 0 aromatic heterocycles. The van der Waals surface area contributed by atoms with Crippen molar-refractivity contribution in [3.63, 3.8) is 0 Å². The predicted molar refractivity (Wildman–Crippen MR) is 127 cm³/mol. The van der Waals surface area contributed by atoms with Crippen molar-refractivity contribution in [1.29, 1.82) is 0 Å². The minimum Gasteiger partial charge on any atom is -0.375 e. The first-order valence-corrected chi connectivity index (χ1v) is 11.5. The quantitative estimate of drug-likeness (QED) is 0.491. The van der Waals surface area contributed by atoms with Crippen molar-refractivity contribution in [2.45, 2.75) is 45.0 Å².